The van der Waals surface area contributed by atoms with E-state index in [1.165, 1.54) is 5.56 Å². The predicted molar refractivity (Wildman–Crippen MR) is 79.6 cm³/mol. The zero-order chi connectivity index (χ0) is 14.4. The van der Waals surface area contributed by atoms with E-state index in [9.17, 15) is 0 Å². The molecule has 0 amide bonds. The minimum Gasteiger partial charge on any atom is -0.457 e. The lowest BCUT2D eigenvalue weighted by molar-refractivity contribution is 0.202. The van der Waals surface area contributed by atoms with Gasteiger partial charge in [-0.3, -0.25) is 5.41 Å². The van der Waals surface area contributed by atoms with Crippen molar-refractivity contribution in [2.45, 2.75) is 6.42 Å². The SMILES string of the molecule is COCCc1ccc(Oc2ccccc2C(=N)N)cc1. The first kappa shape index (κ1) is 14.1. The highest BCUT2D eigenvalue weighted by Crippen LogP contribution is 2.25. The van der Waals surface area contributed by atoms with Gasteiger partial charge in [-0.25, -0.2) is 0 Å². The number of nitrogens with two attached hydrogens (primary N) is 1. The molecule has 2 aromatic rings. The van der Waals surface area contributed by atoms with Crippen molar-refractivity contribution >= 4 is 5.84 Å². The van der Waals surface area contributed by atoms with Crippen LogP contribution in [-0.4, -0.2) is 19.6 Å². The topological polar surface area (TPSA) is 68.3 Å². The van der Waals surface area contributed by atoms with E-state index in [-0.39, 0.29) is 5.84 Å². The highest BCUT2D eigenvalue weighted by molar-refractivity contribution is 5.97. The summed E-state index contributed by atoms with van der Waals surface area (Å²) in [5.74, 6) is 1.31. The fourth-order valence-corrected chi connectivity index (χ4v) is 1.85. The van der Waals surface area contributed by atoms with E-state index >= 15 is 0 Å². The van der Waals surface area contributed by atoms with Crippen molar-refractivity contribution in [3.05, 3.63) is 59.7 Å². The summed E-state index contributed by atoms with van der Waals surface area (Å²) in [4.78, 5) is 0. The van der Waals surface area contributed by atoms with E-state index in [1.54, 1.807) is 19.2 Å². The van der Waals surface area contributed by atoms with E-state index in [4.69, 9.17) is 20.6 Å². The maximum absolute atomic E-state index is 7.54. The Morgan fingerprint density at radius 2 is 1.80 bits per heavy atom. The Labute approximate surface area is 118 Å². The van der Waals surface area contributed by atoms with Crippen LogP contribution in [0.25, 0.3) is 0 Å². The molecule has 0 saturated heterocycles. The molecule has 0 spiro atoms. The number of para-hydroxylation sites is 1. The number of nitrogen functional groups attached to an aromatic ring is 1. The summed E-state index contributed by atoms with van der Waals surface area (Å²) >= 11 is 0. The van der Waals surface area contributed by atoms with Gasteiger partial charge in [0, 0.05) is 7.11 Å². The molecule has 0 heterocycles. The van der Waals surface area contributed by atoms with Crippen LogP contribution in [0.5, 0.6) is 11.5 Å². The molecule has 2 aromatic carbocycles. The van der Waals surface area contributed by atoms with Crippen LogP contribution in [0, 0.1) is 5.41 Å². The second kappa shape index (κ2) is 6.73. The molecule has 0 fully saturated rings. The number of ether oxygens (including phenoxy) is 2. The number of hydrogen-bond donors (Lipinski definition) is 2. The van der Waals surface area contributed by atoms with Gasteiger partial charge in [-0.1, -0.05) is 24.3 Å². The minimum atomic E-state index is -0.00249. The van der Waals surface area contributed by atoms with Crippen molar-refractivity contribution in [2.75, 3.05) is 13.7 Å². The molecule has 0 radical (unpaired) electrons. The molecule has 0 bridgehead atoms. The Morgan fingerprint density at radius 1 is 1.10 bits per heavy atom. The van der Waals surface area contributed by atoms with Gasteiger partial charge < -0.3 is 15.2 Å². The molecule has 4 heteroatoms. The standard InChI is InChI=1S/C16H18N2O2/c1-19-11-10-12-6-8-13(9-7-12)20-15-5-3-2-4-14(15)16(17)18/h2-9H,10-11H2,1H3,(H3,17,18). The summed E-state index contributed by atoms with van der Waals surface area (Å²) in [5.41, 5.74) is 7.32. The van der Waals surface area contributed by atoms with Crippen LogP contribution in [0.15, 0.2) is 48.5 Å². The lowest BCUT2D eigenvalue weighted by atomic mass is 10.1. The van der Waals surface area contributed by atoms with Crippen LogP contribution in [0.4, 0.5) is 0 Å². The summed E-state index contributed by atoms with van der Waals surface area (Å²) in [6.07, 6.45) is 0.876. The third kappa shape index (κ3) is 3.59. The van der Waals surface area contributed by atoms with E-state index in [0.29, 0.717) is 17.9 Å². The average Bonchev–Trinajstić information content (AvgIpc) is 2.47. The molecule has 4 nitrogen and oxygen atoms in total. The molecule has 0 aliphatic rings. The predicted octanol–water partition coefficient (Wildman–Crippen LogP) is 2.95. The lowest BCUT2D eigenvalue weighted by Crippen LogP contribution is -2.12. The Hall–Kier alpha value is -2.33. The Morgan fingerprint density at radius 3 is 2.45 bits per heavy atom. The number of rotatable bonds is 6. The van der Waals surface area contributed by atoms with Gasteiger partial charge in [0.05, 0.1) is 12.2 Å². The molecule has 104 valence electrons. The van der Waals surface area contributed by atoms with Gasteiger partial charge >= 0.3 is 0 Å². The summed E-state index contributed by atoms with van der Waals surface area (Å²) in [6, 6.07) is 15.1. The van der Waals surface area contributed by atoms with E-state index < -0.39 is 0 Å². The van der Waals surface area contributed by atoms with Crippen LogP contribution in [-0.2, 0) is 11.2 Å². The largest absolute Gasteiger partial charge is 0.457 e. The molecule has 2 rings (SSSR count). The highest BCUT2D eigenvalue weighted by Gasteiger charge is 2.06. The lowest BCUT2D eigenvalue weighted by Gasteiger charge is -2.10. The van der Waals surface area contributed by atoms with Crippen molar-refractivity contribution in [3.8, 4) is 11.5 Å². The Balaban J connectivity index is 2.12. The van der Waals surface area contributed by atoms with Gasteiger partial charge in [0.15, 0.2) is 0 Å². The first-order chi connectivity index (χ1) is 9.70. The van der Waals surface area contributed by atoms with Crippen molar-refractivity contribution in [3.63, 3.8) is 0 Å². The van der Waals surface area contributed by atoms with Gasteiger partial charge in [0.1, 0.15) is 17.3 Å². The van der Waals surface area contributed by atoms with Gasteiger partial charge in [-0.05, 0) is 36.2 Å². The fraction of sp³-hybridized carbons (Fsp3) is 0.188. The third-order valence-electron chi connectivity index (χ3n) is 2.92. The number of nitrogens with one attached hydrogen (secondary N) is 1. The molecule has 0 atom stereocenters. The van der Waals surface area contributed by atoms with Crippen LogP contribution in [0.3, 0.4) is 0 Å². The second-order valence-electron chi connectivity index (χ2n) is 4.40. The minimum absolute atomic E-state index is 0.00249. The Bertz CT molecular complexity index is 579. The van der Waals surface area contributed by atoms with Crippen molar-refractivity contribution in [2.24, 2.45) is 5.73 Å². The number of methoxy groups -OCH3 is 1. The highest BCUT2D eigenvalue weighted by atomic mass is 16.5. The molecule has 20 heavy (non-hydrogen) atoms. The van der Waals surface area contributed by atoms with E-state index in [1.807, 2.05) is 36.4 Å². The number of amidine groups is 1. The first-order valence-corrected chi connectivity index (χ1v) is 6.40. The number of benzene rings is 2. The number of hydrogen-bond acceptors (Lipinski definition) is 3. The van der Waals surface area contributed by atoms with Crippen molar-refractivity contribution in [1.29, 1.82) is 5.41 Å². The van der Waals surface area contributed by atoms with Crippen molar-refractivity contribution in [1.82, 2.24) is 0 Å². The Kier molecular flexibility index (Phi) is 4.74. The summed E-state index contributed by atoms with van der Waals surface area (Å²) in [5, 5.41) is 7.54. The third-order valence-corrected chi connectivity index (χ3v) is 2.92. The summed E-state index contributed by atoms with van der Waals surface area (Å²) in [7, 11) is 1.69. The quantitative estimate of drug-likeness (QED) is 0.626. The van der Waals surface area contributed by atoms with Gasteiger partial charge in [0.25, 0.3) is 0 Å². The first-order valence-electron chi connectivity index (χ1n) is 6.40. The fourth-order valence-electron chi connectivity index (χ4n) is 1.85. The summed E-state index contributed by atoms with van der Waals surface area (Å²) < 4.78 is 10.8. The molecule has 0 unspecified atom stereocenters. The van der Waals surface area contributed by atoms with Crippen molar-refractivity contribution < 1.29 is 9.47 Å². The van der Waals surface area contributed by atoms with Crippen LogP contribution < -0.4 is 10.5 Å². The zero-order valence-electron chi connectivity index (χ0n) is 11.4. The van der Waals surface area contributed by atoms with Crippen LogP contribution >= 0.6 is 0 Å². The normalized spacial score (nSPS) is 10.2. The molecule has 0 aromatic heterocycles. The van der Waals surface area contributed by atoms with Gasteiger partial charge in [0.2, 0.25) is 0 Å². The zero-order valence-corrected chi connectivity index (χ0v) is 11.4. The molecule has 0 aliphatic heterocycles. The molecular weight excluding hydrogens is 252 g/mol. The van der Waals surface area contributed by atoms with Crippen LogP contribution in [0.1, 0.15) is 11.1 Å². The smallest absolute Gasteiger partial charge is 0.138 e. The monoisotopic (exact) mass is 270 g/mol. The van der Waals surface area contributed by atoms with Gasteiger partial charge in [-0.2, -0.15) is 0 Å². The average molecular weight is 270 g/mol. The molecule has 0 saturated carbocycles. The van der Waals surface area contributed by atoms with Crippen LogP contribution in [0.2, 0.25) is 0 Å². The van der Waals surface area contributed by atoms with E-state index in [2.05, 4.69) is 0 Å². The maximum Gasteiger partial charge on any atom is 0.138 e. The van der Waals surface area contributed by atoms with Gasteiger partial charge in [-0.15, -0.1) is 0 Å². The van der Waals surface area contributed by atoms with E-state index in [0.717, 1.165) is 12.2 Å². The molecule has 3 N–H and O–H groups in total. The summed E-state index contributed by atoms with van der Waals surface area (Å²) in [6.45, 7) is 0.702. The molecular formula is C16H18N2O2. The maximum atomic E-state index is 7.54. The molecule has 0 aliphatic carbocycles. The second-order valence-corrected chi connectivity index (χ2v) is 4.40.